The molecule has 4 saturated carbocycles. The maximum absolute atomic E-state index is 13.5. The highest BCUT2D eigenvalue weighted by molar-refractivity contribution is 8.02. The van der Waals surface area contributed by atoms with Crippen molar-refractivity contribution in [3.63, 3.8) is 0 Å². The van der Waals surface area contributed by atoms with Gasteiger partial charge in [-0.15, -0.1) is 5.10 Å². The predicted octanol–water partition coefficient (Wildman–Crippen LogP) is 5.93. The van der Waals surface area contributed by atoms with Gasteiger partial charge in [0.05, 0.1) is 10.9 Å². The first-order chi connectivity index (χ1) is 13.0. The van der Waals surface area contributed by atoms with Gasteiger partial charge < -0.3 is 0 Å². The highest BCUT2D eigenvalue weighted by Gasteiger charge is 2.55. The Labute approximate surface area is 173 Å². The van der Waals surface area contributed by atoms with E-state index in [-0.39, 0.29) is 10.7 Å². The summed E-state index contributed by atoms with van der Waals surface area (Å²) in [5, 5.41) is 4.64. The summed E-state index contributed by atoms with van der Waals surface area (Å²) in [6, 6.07) is 9.98. The van der Waals surface area contributed by atoms with Gasteiger partial charge in [-0.2, -0.15) is 0 Å². The molecule has 0 spiro atoms. The van der Waals surface area contributed by atoms with Gasteiger partial charge in [-0.3, -0.25) is 4.79 Å². The molecule has 0 amide bonds. The van der Waals surface area contributed by atoms with Gasteiger partial charge in [-0.25, -0.2) is 4.68 Å². The quantitative estimate of drug-likeness (QED) is 0.447. The second kappa shape index (κ2) is 6.82. The zero-order valence-corrected chi connectivity index (χ0v) is 17.9. The summed E-state index contributed by atoms with van der Waals surface area (Å²) in [5.74, 6) is 2.88. The standard InChI is InChI=1S/C21H24N2OS3/c1-13(18(24)21-10-14-7-15(11-21)9-16(8-14)12-21)26-19-22-23(20(25)27-19)17-5-3-2-4-6-17/h2-6,13-16H,7-12H2,1H3. The van der Waals surface area contributed by atoms with E-state index in [0.29, 0.717) is 5.78 Å². The molecule has 0 radical (unpaired) electrons. The molecule has 1 atom stereocenters. The zero-order chi connectivity index (χ0) is 18.6. The normalized spacial score (nSPS) is 32.6. The number of carbonyl (C=O) groups is 1. The van der Waals surface area contributed by atoms with Crippen molar-refractivity contribution in [3.05, 3.63) is 34.3 Å². The number of carbonyl (C=O) groups excluding carboxylic acids is 1. The van der Waals surface area contributed by atoms with Crippen molar-refractivity contribution in [2.24, 2.45) is 23.2 Å². The van der Waals surface area contributed by atoms with Crippen LogP contribution in [-0.2, 0) is 4.79 Å². The number of para-hydroxylation sites is 1. The minimum Gasteiger partial charge on any atom is -0.298 e. The summed E-state index contributed by atoms with van der Waals surface area (Å²) in [6.45, 7) is 2.07. The molecule has 142 valence electrons. The van der Waals surface area contributed by atoms with E-state index in [9.17, 15) is 4.79 Å². The second-order valence-electron chi connectivity index (χ2n) is 8.70. The number of ketones is 1. The fraction of sp³-hybridized carbons (Fsp3) is 0.571. The monoisotopic (exact) mass is 416 g/mol. The predicted molar refractivity (Wildman–Crippen MR) is 113 cm³/mol. The Hall–Kier alpha value is -0.980. The van der Waals surface area contributed by atoms with Crippen LogP contribution in [-0.4, -0.2) is 20.8 Å². The molecule has 1 aromatic carbocycles. The number of hydrogen-bond acceptors (Lipinski definition) is 5. The van der Waals surface area contributed by atoms with Crippen LogP contribution < -0.4 is 0 Å². The lowest BCUT2D eigenvalue weighted by Crippen LogP contribution is -2.51. The molecule has 4 fully saturated rings. The van der Waals surface area contributed by atoms with Crippen molar-refractivity contribution in [2.75, 3.05) is 0 Å². The molecular formula is C21H24N2OS3. The molecule has 27 heavy (non-hydrogen) atoms. The average Bonchev–Trinajstić information content (AvgIpc) is 3.01. The Bertz CT molecular complexity index is 882. The first-order valence-electron chi connectivity index (χ1n) is 9.89. The van der Waals surface area contributed by atoms with Crippen LogP contribution in [0.5, 0.6) is 0 Å². The van der Waals surface area contributed by atoms with Crippen molar-refractivity contribution in [2.45, 2.75) is 55.0 Å². The van der Waals surface area contributed by atoms with E-state index in [1.807, 2.05) is 35.0 Å². The number of Topliss-reactive ketones (excluding diaryl/α,β-unsaturated/α-hetero) is 1. The second-order valence-corrected chi connectivity index (χ2v) is 11.9. The average molecular weight is 417 g/mol. The van der Waals surface area contributed by atoms with Crippen LogP contribution in [0.4, 0.5) is 0 Å². The lowest BCUT2D eigenvalue weighted by molar-refractivity contribution is -0.142. The van der Waals surface area contributed by atoms with Crippen LogP contribution in [0.25, 0.3) is 5.69 Å². The summed E-state index contributed by atoms with van der Waals surface area (Å²) >= 11 is 8.62. The SMILES string of the molecule is CC(Sc1nn(-c2ccccc2)c(=S)s1)C(=O)C12CC3CC(CC(C3)C1)C2. The highest BCUT2D eigenvalue weighted by Crippen LogP contribution is 2.61. The third kappa shape index (κ3) is 3.23. The minimum absolute atomic E-state index is 0.0371. The van der Waals surface area contributed by atoms with E-state index in [1.54, 1.807) is 11.8 Å². The lowest BCUT2D eigenvalue weighted by atomic mass is 9.48. The molecule has 4 aliphatic carbocycles. The molecule has 1 aromatic heterocycles. The van der Waals surface area contributed by atoms with Gasteiger partial charge in [0.1, 0.15) is 0 Å². The summed E-state index contributed by atoms with van der Waals surface area (Å²) in [7, 11) is 0. The maximum Gasteiger partial charge on any atom is 0.184 e. The molecule has 0 N–H and O–H groups in total. The van der Waals surface area contributed by atoms with Crippen LogP contribution in [0.15, 0.2) is 34.7 Å². The summed E-state index contributed by atoms with van der Waals surface area (Å²) < 4.78 is 3.44. The molecule has 4 bridgehead atoms. The van der Waals surface area contributed by atoms with E-state index in [2.05, 4.69) is 6.92 Å². The van der Waals surface area contributed by atoms with Gasteiger partial charge in [0.15, 0.2) is 14.1 Å². The molecular weight excluding hydrogens is 392 g/mol. The maximum atomic E-state index is 13.5. The van der Waals surface area contributed by atoms with Crippen LogP contribution in [0.3, 0.4) is 0 Å². The number of nitrogens with zero attached hydrogens (tertiary/aromatic N) is 2. The molecule has 3 nitrogen and oxygen atoms in total. The van der Waals surface area contributed by atoms with Gasteiger partial charge in [0.2, 0.25) is 0 Å². The van der Waals surface area contributed by atoms with E-state index >= 15 is 0 Å². The van der Waals surface area contributed by atoms with Crippen molar-refractivity contribution >= 4 is 41.1 Å². The third-order valence-electron chi connectivity index (χ3n) is 6.74. The molecule has 6 heteroatoms. The van der Waals surface area contributed by atoms with E-state index < -0.39 is 0 Å². The topological polar surface area (TPSA) is 34.9 Å². The van der Waals surface area contributed by atoms with Crippen molar-refractivity contribution in [3.8, 4) is 5.69 Å². The van der Waals surface area contributed by atoms with Crippen LogP contribution in [0, 0.1) is 27.1 Å². The number of aromatic nitrogens is 2. The molecule has 1 unspecified atom stereocenters. The minimum atomic E-state index is -0.0500. The number of rotatable bonds is 5. The van der Waals surface area contributed by atoms with Gasteiger partial charge >= 0.3 is 0 Å². The molecule has 0 aliphatic heterocycles. The fourth-order valence-corrected chi connectivity index (χ4v) is 8.79. The Balaban J connectivity index is 1.34. The Morgan fingerprint density at radius 2 is 1.78 bits per heavy atom. The van der Waals surface area contributed by atoms with Crippen LogP contribution in [0.1, 0.15) is 45.4 Å². The Morgan fingerprint density at radius 3 is 2.37 bits per heavy atom. The Morgan fingerprint density at radius 1 is 1.19 bits per heavy atom. The van der Waals surface area contributed by atoms with Gasteiger partial charge in [0, 0.05) is 5.41 Å². The fourth-order valence-electron chi connectivity index (χ4n) is 6.09. The van der Waals surface area contributed by atoms with Gasteiger partial charge in [0.25, 0.3) is 0 Å². The van der Waals surface area contributed by atoms with Crippen molar-refractivity contribution in [1.82, 2.24) is 9.78 Å². The Kier molecular flexibility index (Phi) is 4.56. The summed E-state index contributed by atoms with van der Waals surface area (Å²) in [4.78, 5) is 13.5. The van der Waals surface area contributed by atoms with Crippen LogP contribution >= 0.6 is 35.3 Å². The van der Waals surface area contributed by atoms with E-state index in [0.717, 1.165) is 51.0 Å². The van der Waals surface area contributed by atoms with E-state index in [1.165, 1.54) is 30.6 Å². The first kappa shape index (κ1) is 18.1. The molecule has 2 aromatic rings. The zero-order valence-electron chi connectivity index (χ0n) is 15.5. The van der Waals surface area contributed by atoms with E-state index in [4.69, 9.17) is 17.3 Å². The number of thioether (sulfide) groups is 1. The summed E-state index contributed by atoms with van der Waals surface area (Å²) in [6.07, 6.45) is 7.52. The molecule has 4 aliphatic rings. The lowest BCUT2D eigenvalue weighted by Gasteiger charge is -2.56. The van der Waals surface area contributed by atoms with Gasteiger partial charge in [-0.05, 0) is 87.6 Å². The smallest absolute Gasteiger partial charge is 0.184 e. The number of benzene rings is 1. The highest BCUT2D eigenvalue weighted by atomic mass is 32.2. The molecule has 0 saturated heterocycles. The first-order valence-corrected chi connectivity index (χ1v) is 12.0. The largest absolute Gasteiger partial charge is 0.298 e. The van der Waals surface area contributed by atoms with Crippen LogP contribution in [0.2, 0.25) is 0 Å². The van der Waals surface area contributed by atoms with Crippen molar-refractivity contribution < 1.29 is 4.79 Å². The van der Waals surface area contributed by atoms with Gasteiger partial charge in [-0.1, -0.05) is 41.3 Å². The molecule has 6 rings (SSSR count). The number of hydrogen-bond donors (Lipinski definition) is 0. The van der Waals surface area contributed by atoms with Crippen molar-refractivity contribution in [1.29, 1.82) is 0 Å². The molecule has 1 heterocycles. The third-order valence-corrected chi connectivity index (χ3v) is 9.15. The summed E-state index contributed by atoms with van der Waals surface area (Å²) in [5.41, 5.74) is 0.940.